The predicted molar refractivity (Wildman–Crippen MR) is 51.8 cm³/mol. The third-order valence-electron chi connectivity index (χ3n) is 2.24. The van der Waals surface area contributed by atoms with Crippen molar-refractivity contribution in [2.45, 2.75) is 12.6 Å². The van der Waals surface area contributed by atoms with Crippen molar-refractivity contribution in [1.82, 2.24) is 10.6 Å². The zero-order chi connectivity index (χ0) is 10.8. The number of rotatable bonds is 2. The zero-order valence-electron chi connectivity index (χ0n) is 7.86. The van der Waals surface area contributed by atoms with Gasteiger partial charge >= 0.3 is 6.03 Å². The quantitative estimate of drug-likeness (QED) is 0.599. The van der Waals surface area contributed by atoms with Crippen molar-refractivity contribution in [3.63, 3.8) is 0 Å². The maximum Gasteiger partial charge on any atom is 0.322 e. The molecular weight excluding hydrogens is 196 g/mol. The Bertz CT molecular complexity index is 417. The summed E-state index contributed by atoms with van der Waals surface area (Å²) >= 11 is 0. The fourth-order valence-electron chi connectivity index (χ4n) is 1.52. The number of hydrogen-bond donors (Lipinski definition) is 3. The van der Waals surface area contributed by atoms with E-state index in [1.54, 1.807) is 24.3 Å². The highest BCUT2D eigenvalue weighted by atomic mass is 16.3. The molecule has 5 nitrogen and oxygen atoms in total. The second kappa shape index (κ2) is 3.70. The van der Waals surface area contributed by atoms with Gasteiger partial charge in [0.05, 0.1) is 6.61 Å². The van der Waals surface area contributed by atoms with Crippen LogP contribution in [0.4, 0.5) is 4.79 Å². The molecule has 5 heteroatoms. The highest BCUT2D eigenvalue weighted by Gasteiger charge is 2.30. The van der Waals surface area contributed by atoms with Crippen LogP contribution in [0.1, 0.15) is 17.2 Å². The predicted octanol–water partition coefficient (Wildman–Crippen LogP) is 0.0594. The van der Waals surface area contributed by atoms with Crippen LogP contribution in [-0.4, -0.2) is 17.0 Å². The van der Waals surface area contributed by atoms with E-state index in [2.05, 4.69) is 10.6 Å². The molecule has 1 aromatic carbocycles. The van der Waals surface area contributed by atoms with E-state index in [9.17, 15) is 9.59 Å². The summed E-state index contributed by atoms with van der Waals surface area (Å²) in [5.74, 6) is -0.366. The average Bonchev–Trinajstić information content (AvgIpc) is 2.58. The number of urea groups is 1. The molecule has 3 amide bonds. The molecule has 3 N–H and O–H groups in total. The lowest BCUT2D eigenvalue weighted by atomic mass is 10.0. The minimum Gasteiger partial charge on any atom is -0.392 e. The third-order valence-corrected chi connectivity index (χ3v) is 2.24. The van der Waals surface area contributed by atoms with Crippen LogP contribution in [0.25, 0.3) is 0 Å². The third kappa shape index (κ3) is 1.82. The van der Waals surface area contributed by atoms with E-state index in [-0.39, 0.29) is 12.5 Å². The summed E-state index contributed by atoms with van der Waals surface area (Å²) in [4.78, 5) is 22.2. The molecule has 1 aromatic rings. The molecule has 1 fully saturated rings. The molecule has 1 heterocycles. The largest absolute Gasteiger partial charge is 0.392 e. The van der Waals surface area contributed by atoms with Crippen LogP contribution in [0, 0.1) is 0 Å². The highest BCUT2D eigenvalue weighted by Crippen LogP contribution is 2.17. The fourth-order valence-corrected chi connectivity index (χ4v) is 1.52. The Morgan fingerprint density at radius 1 is 1.33 bits per heavy atom. The van der Waals surface area contributed by atoms with Crippen molar-refractivity contribution in [2.75, 3.05) is 0 Å². The van der Waals surface area contributed by atoms with Crippen molar-refractivity contribution in [1.29, 1.82) is 0 Å². The summed E-state index contributed by atoms with van der Waals surface area (Å²) in [6.45, 7) is -0.0872. The van der Waals surface area contributed by atoms with Gasteiger partial charge in [-0.15, -0.1) is 0 Å². The summed E-state index contributed by atoms with van der Waals surface area (Å²) < 4.78 is 0. The van der Waals surface area contributed by atoms with Crippen LogP contribution in [0.2, 0.25) is 0 Å². The SMILES string of the molecule is O=C1NC(=O)C(c2cccc(CO)c2)N1. The number of nitrogens with one attached hydrogen (secondary N) is 2. The Morgan fingerprint density at radius 3 is 2.73 bits per heavy atom. The Balaban J connectivity index is 2.29. The van der Waals surface area contributed by atoms with E-state index in [4.69, 9.17) is 5.11 Å². The monoisotopic (exact) mass is 206 g/mol. The number of aliphatic hydroxyl groups is 1. The lowest BCUT2D eigenvalue weighted by Crippen LogP contribution is -2.22. The Hall–Kier alpha value is -1.88. The topological polar surface area (TPSA) is 78.4 Å². The van der Waals surface area contributed by atoms with E-state index in [0.29, 0.717) is 11.1 Å². The van der Waals surface area contributed by atoms with Gasteiger partial charge in [0.1, 0.15) is 6.04 Å². The molecule has 1 saturated heterocycles. The molecule has 0 saturated carbocycles. The summed E-state index contributed by atoms with van der Waals surface area (Å²) in [7, 11) is 0. The Labute approximate surface area is 86.1 Å². The molecule has 0 spiro atoms. The lowest BCUT2D eigenvalue weighted by Gasteiger charge is -2.08. The van der Waals surface area contributed by atoms with Crippen LogP contribution in [-0.2, 0) is 11.4 Å². The van der Waals surface area contributed by atoms with Crippen molar-refractivity contribution >= 4 is 11.9 Å². The van der Waals surface area contributed by atoms with Crippen LogP contribution in [0.3, 0.4) is 0 Å². The molecule has 2 rings (SSSR count). The summed E-state index contributed by atoms with van der Waals surface area (Å²) in [6, 6.07) is 5.77. The summed E-state index contributed by atoms with van der Waals surface area (Å²) in [6.07, 6.45) is 0. The maximum atomic E-state index is 11.3. The van der Waals surface area contributed by atoms with Crippen LogP contribution in [0.15, 0.2) is 24.3 Å². The number of imide groups is 1. The molecule has 78 valence electrons. The van der Waals surface area contributed by atoms with Gasteiger partial charge in [-0.1, -0.05) is 24.3 Å². The number of aliphatic hydroxyl groups excluding tert-OH is 1. The zero-order valence-corrected chi connectivity index (χ0v) is 7.86. The Kier molecular flexibility index (Phi) is 2.39. The molecule has 0 radical (unpaired) electrons. The molecule has 15 heavy (non-hydrogen) atoms. The standard InChI is InChI=1S/C10H10N2O3/c13-5-6-2-1-3-7(4-6)8-9(14)12-10(15)11-8/h1-4,8,13H,5H2,(H2,11,12,14,15). The van der Waals surface area contributed by atoms with Crippen molar-refractivity contribution in [3.05, 3.63) is 35.4 Å². The first-order chi connectivity index (χ1) is 7.20. The molecule has 0 aliphatic carbocycles. The fraction of sp³-hybridized carbons (Fsp3) is 0.200. The molecule has 1 atom stereocenters. The number of hydrogen-bond acceptors (Lipinski definition) is 3. The van der Waals surface area contributed by atoms with Gasteiger partial charge in [-0.2, -0.15) is 0 Å². The van der Waals surface area contributed by atoms with Gasteiger partial charge in [0, 0.05) is 0 Å². The molecule has 0 aromatic heterocycles. The number of benzene rings is 1. The Morgan fingerprint density at radius 2 is 2.13 bits per heavy atom. The number of carbonyl (C=O) groups excluding carboxylic acids is 2. The van der Waals surface area contributed by atoms with Gasteiger partial charge in [-0.25, -0.2) is 4.79 Å². The normalized spacial score (nSPS) is 19.9. The van der Waals surface area contributed by atoms with Gasteiger partial charge < -0.3 is 10.4 Å². The van der Waals surface area contributed by atoms with Gasteiger partial charge in [0.25, 0.3) is 5.91 Å². The number of amides is 3. The van der Waals surface area contributed by atoms with E-state index >= 15 is 0 Å². The van der Waals surface area contributed by atoms with Gasteiger partial charge in [-0.3, -0.25) is 10.1 Å². The van der Waals surface area contributed by atoms with Gasteiger partial charge in [0.2, 0.25) is 0 Å². The molecule has 1 aliphatic rings. The summed E-state index contributed by atoms with van der Waals surface area (Å²) in [5.41, 5.74) is 1.38. The van der Waals surface area contributed by atoms with E-state index in [0.717, 1.165) is 0 Å². The minimum atomic E-state index is -0.649. The first-order valence-corrected chi connectivity index (χ1v) is 4.52. The second-order valence-corrected chi connectivity index (χ2v) is 3.30. The average molecular weight is 206 g/mol. The molecule has 1 aliphatic heterocycles. The van der Waals surface area contributed by atoms with E-state index in [1.165, 1.54) is 0 Å². The molecule has 1 unspecified atom stereocenters. The summed E-state index contributed by atoms with van der Waals surface area (Å²) in [5, 5.41) is 13.6. The van der Waals surface area contributed by atoms with Crippen LogP contribution >= 0.6 is 0 Å². The van der Waals surface area contributed by atoms with Crippen LogP contribution in [0.5, 0.6) is 0 Å². The maximum absolute atomic E-state index is 11.3. The first kappa shape index (κ1) is 9.67. The number of carbonyl (C=O) groups is 2. The molecular formula is C10H10N2O3. The van der Waals surface area contributed by atoms with Gasteiger partial charge in [-0.05, 0) is 11.1 Å². The minimum absolute atomic E-state index is 0.0872. The molecule has 0 bridgehead atoms. The van der Waals surface area contributed by atoms with Crippen molar-refractivity contribution < 1.29 is 14.7 Å². The van der Waals surface area contributed by atoms with E-state index < -0.39 is 12.1 Å². The lowest BCUT2D eigenvalue weighted by molar-refractivity contribution is -0.120. The highest BCUT2D eigenvalue weighted by molar-refractivity contribution is 6.04. The van der Waals surface area contributed by atoms with Gasteiger partial charge in [0.15, 0.2) is 0 Å². The van der Waals surface area contributed by atoms with Crippen molar-refractivity contribution in [2.24, 2.45) is 0 Å². The smallest absolute Gasteiger partial charge is 0.322 e. The first-order valence-electron chi connectivity index (χ1n) is 4.52. The second-order valence-electron chi connectivity index (χ2n) is 3.30. The van der Waals surface area contributed by atoms with Crippen molar-refractivity contribution in [3.8, 4) is 0 Å². The van der Waals surface area contributed by atoms with E-state index in [1.807, 2.05) is 0 Å². The van der Waals surface area contributed by atoms with Crippen LogP contribution < -0.4 is 10.6 Å².